The predicted molar refractivity (Wildman–Crippen MR) is 125 cm³/mol. The van der Waals surface area contributed by atoms with Crippen molar-refractivity contribution in [2.45, 2.75) is 26.5 Å². The third-order valence-corrected chi connectivity index (χ3v) is 3.83. The van der Waals surface area contributed by atoms with E-state index in [9.17, 15) is 0 Å². The first-order chi connectivity index (χ1) is 13.8. The summed E-state index contributed by atoms with van der Waals surface area (Å²) in [5.74, 6) is 2.48. The number of halogens is 1. The van der Waals surface area contributed by atoms with Crippen LogP contribution >= 0.6 is 24.0 Å². The molecule has 1 aromatic heterocycles. The first-order valence-corrected chi connectivity index (χ1v) is 9.64. The van der Waals surface area contributed by atoms with Crippen LogP contribution in [0.4, 0.5) is 0 Å². The van der Waals surface area contributed by atoms with E-state index in [0.717, 1.165) is 42.5 Å². The molecule has 7 nitrogen and oxygen atoms in total. The fourth-order valence-corrected chi connectivity index (χ4v) is 2.39. The summed E-state index contributed by atoms with van der Waals surface area (Å²) in [5.41, 5.74) is 1.12. The highest BCUT2D eigenvalue weighted by molar-refractivity contribution is 14.0. The minimum absolute atomic E-state index is 0. The van der Waals surface area contributed by atoms with Gasteiger partial charge in [0.25, 0.3) is 0 Å². The molecular weight excluding hydrogens is 485 g/mol. The first-order valence-electron chi connectivity index (χ1n) is 9.64. The van der Waals surface area contributed by atoms with Crippen molar-refractivity contribution in [3.8, 4) is 5.75 Å². The number of benzene rings is 1. The molecule has 0 fully saturated rings. The molecule has 29 heavy (non-hydrogen) atoms. The van der Waals surface area contributed by atoms with E-state index >= 15 is 0 Å². The molecule has 0 radical (unpaired) electrons. The van der Waals surface area contributed by atoms with Gasteiger partial charge in [0.2, 0.25) is 0 Å². The van der Waals surface area contributed by atoms with E-state index < -0.39 is 0 Å². The van der Waals surface area contributed by atoms with Crippen LogP contribution in [-0.2, 0) is 22.6 Å². The quantitative estimate of drug-likeness (QED) is 0.183. The lowest BCUT2D eigenvalue weighted by Gasteiger charge is -2.11. The standard InChI is InChI=1S/C21H31N3O4.HI/c1-3-22-21(23-11-5-12-26-17-20-6-4-13-27-20)24-16-18-7-9-19(10-8-18)28-15-14-25-2;/h4,6-10,13H,3,5,11-12,14-17H2,1-2H3,(H2,22,23,24);1H. The number of aliphatic imine (C=N–C) groups is 1. The number of nitrogens with zero attached hydrogens (tertiary/aromatic N) is 1. The molecule has 162 valence electrons. The average Bonchev–Trinajstić information content (AvgIpc) is 3.23. The second-order valence-corrected chi connectivity index (χ2v) is 6.09. The smallest absolute Gasteiger partial charge is 0.191 e. The van der Waals surface area contributed by atoms with E-state index in [2.05, 4.69) is 22.5 Å². The van der Waals surface area contributed by atoms with Gasteiger partial charge in [-0.15, -0.1) is 24.0 Å². The van der Waals surface area contributed by atoms with Gasteiger partial charge in [0.15, 0.2) is 5.96 Å². The Balaban J connectivity index is 0.00000420. The van der Waals surface area contributed by atoms with E-state index in [1.165, 1.54) is 0 Å². The van der Waals surface area contributed by atoms with Crippen LogP contribution in [0, 0.1) is 0 Å². The Morgan fingerprint density at radius 2 is 1.90 bits per heavy atom. The summed E-state index contributed by atoms with van der Waals surface area (Å²) in [6.45, 7) is 6.55. The Kier molecular flexibility index (Phi) is 14.0. The van der Waals surface area contributed by atoms with Crippen LogP contribution in [0.5, 0.6) is 5.75 Å². The van der Waals surface area contributed by atoms with Gasteiger partial charge < -0.3 is 29.3 Å². The molecule has 0 bridgehead atoms. The highest BCUT2D eigenvalue weighted by atomic mass is 127. The minimum Gasteiger partial charge on any atom is -0.491 e. The third-order valence-electron chi connectivity index (χ3n) is 3.83. The molecule has 0 amide bonds. The molecule has 8 heteroatoms. The minimum atomic E-state index is 0. The van der Waals surface area contributed by atoms with Crippen molar-refractivity contribution >= 4 is 29.9 Å². The number of guanidine groups is 1. The van der Waals surface area contributed by atoms with Crippen molar-refractivity contribution in [1.82, 2.24) is 10.6 Å². The molecule has 0 atom stereocenters. The summed E-state index contributed by atoms with van der Waals surface area (Å²) < 4.78 is 21.4. The number of methoxy groups -OCH3 is 1. The maximum atomic E-state index is 5.58. The summed E-state index contributed by atoms with van der Waals surface area (Å²) in [4.78, 5) is 4.63. The van der Waals surface area contributed by atoms with E-state index in [0.29, 0.717) is 33.0 Å². The largest absolute Gasteiger partial charge is 0.491 e. The highest BCUT2D eigenvalue weighted by Crippen LogP contribution is 2.12. The highest BCUT2D eigenvalue weighted by Gasteiger charge is 2.00. The van der Waals surface area contributed by atoms with Crippen molar-refractivity contribution in [2.75, 3.05) is 40.0 Å². The molecule has 2 N–H and O–H groups in total. The summed E-state index contributed by atoms with van der Waals surface area (Å²) in [6, 6.07) is 11.7. The monoisotopic (exact) mass is 517 g/mol. The molecule has 2 rings (SSSR count). The third kappa shape index (κ3) is 11.1. The lowest BCUT2D eigenvalue weighted by atomic mass is 10.2. The molecule has 0 unspecified atom stereocenters. The fraction of sp³-hybridized carbons (Fsp3) is 0.476. The van der Waals surface area contributed by atoms with Crippen molar-refractivity contribution in [1.29, 1.82) is 0 Å². The normalized spacial score (nSPS) is 11.0. The maximum absolute atomic E-state index is 5.58. The zero-order valence-corrected chi connectivity index (χ0v) is 19.5. The lowest BCUT2D eigenvalue weighted by Crippen LogP contribution is -2.38. The van der Waals surface area contributed by atoms with Gasteiger partial charge in [0.1, 0.15) is 24.7 Å². The van der Waals surface area contributed by atoms with Crippen molar-refractivity contribution in [2.24, 2.45) is 4.99 Å². The van der Waals surface area contributed by atoms with Gasteiger partial charge in [-0.05, 0) is 43.2 Å². The van der Waals surface area contributed by atoms with Crippen LogP contribution < -0.4 is 15.4 Å². The Bertz CT molecular complexity index is 663. The first kappa shape index (κ1) is 25.3. The maximum Gasteiger partial charge on any atom is 0.191 e. The van der Waals surface area contributed by atoms with Crippen LogP contribution in [0.1, 0.15) is 24.7 Å². The molecule has 0 saturated carbocycles. The van der Waals surface area contributed by atoms with Crippen molar-refractivity contribution in [3.05, 3.63) is 54.0 Å². The van der Waals surface area contributed by atoms with Gasteiger partial charge in [-0.3, -0.25) is 0 Å². The van der Waals surface area contributed by atoms with Crippen LogP contribution in [0.15, 0.2) is 52.1 Å². The molecular formula is C21H32IN3O4. The van der Waals surface area contributed by atoms with E-state index in [-0.39, 0.29) is 24.0 Å². The van der Waals surface area contributed by atoms with Crippen LogP contribution in [0.3, 0.4) is 0 Å². The number of hydrogen-bond acceptors (Lipinski definition) is 5. The lowest BCUT2D eigenvalue weighted by molar-refractivity contribution is 0.105. The molecule has 1 aromatic carbocycles. The zero-order valence-electron chi connectivity index (χ0n) is 17.2. The molecule has 0 aliphatic rings. The second-order valence-electron chi connectivity index (χ2n) is 6.09. The zero-order chi connectivity index (χ0) is 19.9. The van der Waals surface area contributed by atoms with Crippen LogP contribution in [0.2, 0.25) is 0 Å². The second kappa shape index (κ2) is 16.1. The van der Waals surface area contributed by atoms with E-state index in [4.69, 9.17) is 18.6 Å². The van der Waals surface area contributed by atoms with Crippen LogP contribution in [0.25, 0.3) is 0 Å². The number of nitrogens with one attached hydrogen (secondary N) is 2. The molecule has 2 aromatic rings. The van der Waals surface area contributed by atoms with Crippen LogP contribution in [-0.4, -0.2) is 46.0 Å². The predicted octanol–water partition coefficient (Wildman–Crippen LogP) is 3.58. The molecule has 1 heterocycles. The Morgan fingerprint density at radius 3 is 2.59 bits per heavy atom. The van der Waals surface area contributed by atoms with Gasteiger partial charge in [-0.2, -0.15) is 0 Å². The average molecular weight is 517 g/mol. The summed E-state index contributed by atoms with van der Waals surface area (Å²) >= 11 is 0. The molecule has 0 aliphatic heterocycles. The summed E-state index contributed by atoms with van der Waals surface area (Å²) in [5, 5.41) is 6.58. The topological polar surface area (TPSA) is 77.3 Å². The molecule has 0 spiro atoms. The Labute approximate surface area is 190 Å². The summed E-state index contributed by atoms with van der Waals surface area (Å²) in [6.07, 6.45) is 2.54. The van der Waals surface area contributed by atoms with Gasteiger partial charge in [0, 0.05) is 26.8 Å². The summed E-state index contributed by atoms with van der Waals surface area (Å²) in [7, 11) is 1.66. The molecule has 0 saturated heterocycles. The van der Waals surface area contributed by atoms with Gasteiger partial charge in [-0.1, -0.05) is 12.1 Å². The van der Waals surface area contributed by atoms with E-state index in [1.807, 2.05) is 36.4 Å². The SMILES string of the molecule is CCNC(=NCc1ccc(OCCOC)cc1)NCCCOCc1ccco1.I. The Hall–Kier alpha value is -1.78. The Morgan fingerprint density at radius 1 is 1.07 bits per heavy atom. The number of rotatable bonds is 13. The van der Waals surface area contributed by atoms with Gasteiger partial charge in [-0.25, -0.2) is 4.99 Å². The molecule has 0 aliphatic carbocycles. The van der Waals surface area contributed by atoms with Crippen molar-refractivity contribution in [3.63, 3.8) is 0 Å². The van der Waals surface area contributed by atoms with Gasteiger partial charge in [0.05, 0.1) is 19.4 Å². The number of ether oxygens (including phenoxy) is 3. The van der Waals surface area contributed by atoms with Crippen molar-refractivity contribution < 1.29 is 18.6 Å². The number of furan rings is 1. The number of hydrogen-bond donors (Lipinski definition) is 2. The fourth-order valence-electron chi connectivity index (χ4n) is 2.39. The van der Waals surface area contributed by atoms with Gasteiger partial charge >= 0.3 is 0 Å². The van der Waals surface area contributed by atoms with E-state index in [1.54, 1.807) is 13.4 Å².